The van der Waals surface area contributed by atoms with Crippen LogP contribution in [0.25, 0.3) is 10.2 Å². The van der Waals surface area contributed by atoms with Crippen LogP contribution in [0.4, 0.5) is 0 Å². The number of hydrogen-bond acceptors (Lipinski definition) is 4. The Labute approximate surface area is 155 Å². The molecule has 2 aromatic carbocycles. The van der Waals surface area contributed by atoms with Gasteiger partial charge in [-0.3, -0.25) is 4.79 Å². The van der Waals surface area contributed by atoms with Crippen molar-refractivity contribution in [3.63, 3.8) is 0 Å². The predicted molar refractivity (Wildman–Crippen MR) is 90.2 cm³/mol. The Hall–Kier alpha value is -1.92. The van der Waals surface area contributed by atoms with Crippen molar-refractivity contribution in [1.29, 1.82) is 0 Å². The van der Waals surface area contributed by atoms with Crippen LogP contribution in [0, 0.1) is 6.92 Å². The number of thiazole rings is 1. The van der Waals surface area contributed by atoms with E-state index >= 15 is 0 Å². The standard InChI is InChI=1S/C18H18NO3S.BrH/c1-12-19(11-14-4-6-15(21-3)7-5-14)17-10-16(22-13(2)20)8-9-18(17)23-12;/h4-10H,11H2,1-3H3;1H/q+1;/p-1. The van der Waals surface area contributed by atoms with E-state index in [-0.39, 0.29) is 23.0 Å². The molecule has 0 saturated carbocycles. The highest BCUT2D eigenvalue weighted by Gasteiger charge is 2.18. The van der Waals surface area contributed by atoms with Gasteiger partial charge in [-0.15, -0.1) is 0 Å². The molecule has 6 heteroatoms. The van der Waals surface area contributed by atoms with Gasteiger partial charge in [0.25, 0.3) is 0 Å². The number of rotatable bonds is 4. The van der Waals surface area contributed by atoms with Gasteiger partial charge in [0.15, 0.2) is 6.54 Å². The van der Waals surface area contributed by atoms with E-state index in [9.17, 15) is 4.79 Å². The van der Waals surface area contributed by atoms with Crippen molar-refractivity contribution in [2.45, 2.75) is 20.4 Å². The van der Waals surface area contributed by atoms with Gasteiger partial charge in [-0.05, 0) is 36.4 Å². The van der Waals surface area contributed by atoms with Crippen LogP contribution in [0.5, 0.6) is 11.5 Å². The normalized spacial score (nSPS) is 10.3. The van der Waals surface area contributed by atoms with Crippen molar-refractivity contribution < 1.29 is 35.8 Å². The number of carbonyl (C=O) groups excluding carboxylic acids is 1. The van der Waals surface area contributed by atoms with Crippen molar-refractivity contribution in [3.05, 3.63) is 53.0 Å². The number of hydrogen-bond donors (Lipinski definition) is 0. The SMILES string of the molecule is COc1ccc(C[n+]2c(C)sc3ccc(OC(C)=O)cc32)cc1.[Br-]. The number of esters is 1. The molecule has 0 radical (unpaired) electrons. The van der Waals surface area contributed by atoms with Gasteiger partial charge in [0, 0.05) is 19.4 Å². The fourth-order valence-corrected chi connectivity index (χ4v) is 3.52. The highest BCUT2D eigenvalue weighted by Crippen LogP contribution is 2.25. The molecule has 0 amide bonds. The van der Waals surface area contributed by atoms with E-state index in [1.807, 2.05) is 30.3 Å². The molecule has 3 rings (SSSR count). The van der Waals surface area contributed by atoms with Gasteiger partial charge in [-0.2, -0.15) is 4.57 Å². The summed E-state index contributed by atoms with van der Waals surface area (Å²) in [5, 5.41) is 1.20. The van der Waals surface area contributed by atoms with Crippen LogP contribution in [0.3, 0.4) is 0 Å². The zero-order chi connectivity index (χ0) is 16.4. The number of methoxy groups -OCH3 is 1. The molecule has 1 heterocycles. The molecule has 0 unspecified atom stereocenters. The summed E-state index contributed by atoms with van der Waals surface area (Å²) in [4.78, 5) is 11.2. The first kappa shape index (κ1) is 18.4. The maximum Gasteiger partial charge on any atom is 0.308 e. The minimum Gasteiger partial charge on any atom is -1.00 e. The molecule has 0 saturated heterocycles. The van der Waals surface area contributed by atoms with E-state index in [0.717, 1.165) is 17.8 Å². The molecule has 0 aliphatic heterocycles. The number of aryl methyl sites for hydroxylation is 1. The lowest BCUT2D eigenvalue weighted by Crippen LogP contribution is -3.00. The fraction of sp³-hybridized carbons (Fsp3) is 0.222. The Bertz CT molecular complexity index is 859. The van der Waals surface area contributed by atoms with E-state index in [0.29, 0.717) is 5.75 Å². The predicted octanol–water partition coefficient (Wildman–Crippen LogP) is 0.483. The van der Waals surface area contributed by atoms with E-state index in [2.05, 4.69) is 23.6 Å². The van der Waals surface area contributed by atoms with Gasteiger partial charge in [-0.1, -0.05) is 11.3 Å². The third kappa shape index (κ3) is 3.94. The Morgan fingerprint density at radius 2 is 1.79 bits per heavy atom. The van der Waals surface area contributed by atoms with Crippen molar-refractivity contribution >= 4 is 27.5 Å². The highest BCUT2D eigenvalue weighted by atomic mass is 79.9. The molecule has 0 spiro atoms. The van der Waals surface area contributed by atoms with Crippen LogP contribution in [0.15, 0.2) is 42.5 Å². The monoisotopic (exact) mass is 407 g/mol. The number of nitrogens with zero attached hydrogens (tertiary/aromatic N) is 1. The summed E-state index contributed by atoms with van der Waals surface area (Å²) >= 11 is 1.73. The van der Waals surface area contributed by atoms with Crippen LogP contribution >= 0.6 is 11.3 Å². The Kier molecular flexibility index (Phi) is 5.96. The molecule has 0 bridgehead atoms. The van der Waals surface area contributed by atoms with Gasteiger partial charge in [0.2, 0.25) is 10.5 Å². The summed E-state index contributed by atoms with van der Waals surface area (Å²) in [6, 6.07) is 13.8. The molecule has 24 heavy (non-hydrogen) atoms. The summed E-state index contributed by atoms with van der Waals surface area (Å²) in [5.74, 6) is 1.12. The maximum absolute atomic E-state index is 11.2. The molecular formula is C18H18BrNO3S. The number of halogens is 1. The van der Waals surface area contributed by atoms with Gasteiger partial charge < -0.3 is 26.5 Å². The summed E-state index contributed by atoms with van der Waals surface area (Å²) in [5.41, 5.74) is 2.26. The molecule has 1 aromatic heterocycles. The largest absolute Gasteiger partial charge is 1.00 e. The lowest BCUT2D eigenvalue weighted by molar-refractivity contribution is -0.664. The lowest BCUT2D eigenvalue weighted by atomic mass is 10.2. The Balaban J connectivity index is 0.00000208. The molecule has 0 aliphatic rings. The summed E-state index contributed by atoms with van der Waals surface area (Å²) in [6.45, 7) is 4.27. The van der Waals surface area contributed by atoms with Gasteiger partial charge >= 0.3 is 5.97 Å². The highest BCUT2D eigenvalue weighted by molar-refractivity contribution is 7.18. The van der Waals surface area contributed by atoms with E-state index < -0.39 is 0 Å². The number of aromatic nitrogens is 1. The number of fused-ring (bicyclic) bond motifs is 1. The van der Waals surface area contributed by atoms with Crippen molar-refractivity contribution in [3.8, 4) is 11.5 Å². The average Bonchev–Trinajstić information content (AvgIpc) is 2.83. The minimum absolute atomic E-state index is 0. The zero-order valence-electron chi connectivity index (χ0n) is 13.7. The number of ether oxygens (including phenoxy) is 2. The maximum atomic E-state index is 11.2. The molecule has 3 aromatic rings. The van der Waals surface area contributed by atoms with Gasteiger partial charge in [0.1, 0.15) is 16.2 Å². The van der Waals surface area contributed by atoms with E-state index in [1.54, 1.807) is 18.4 Å². The smallest absolute Gasteiger partial charge is 0.308 e. The number of carbonyl (C=O) groups is 1. The van der Waals surface area contributed by atoms with Crippen LogP contribution in [0.2, 0.25) is 0 Å². The topological polar surface area (TPSA) is 39.4 Å². The second-order valence-electron chi connectivity index (χ2n) is 5.28. The molecule has 0 aliphatic carbocycles. The van der Waals surface area contributed by atoms with Crippen molar-refractivity contribution in [2.24, 2.45) is 0 Å². The van der Waals surface area contributed by atoms with Gasteiger partial charge in [-0.25, -0.2) is 0 Å². The second kappa shape index (κ2) is 7.77. The lowest BCUT2D eigenvalue weighted by Gasteiger charge is -2.02. The van der Waals surface area contributed by atoms with Crippen molar-refractivity contribution in [2.75, 3.05) is 7.11 Å². The molecule has 0 fully saturated rings. The molecule has 0 N–H and O–H groups in total. The third-order valence-corrected chi connectivity index (χ3v) is 4.70. The third-order valence-electron chi connectivity index (χ3n) is 3.62. The summed E-state index contributed by atoms with van der Waals surface area (Å²) < 4.78 is 13.8. The molecule has 4 nitrogen and oxygen atoms in total. The Morgan fingerprint density at radius 3 is 2.42 bits per heavy atom. The van der Waals surface area contributed by atoms with Crippen LogP contribution in [-0.4, -0.2) is 13.1 Å². The summed E-state index contributed by atoms with van der Waals surface area (Å²) in [6.07, 6.45) is 0. The van der Waals surface area contributed by atoms with Crippen LogP contribution in [0.1, 0.15) is 17.5 Å². The van der Waals surface area contributed by atoms with Gasteiger partial charge in [0.05, 0.1) is 13.2 Å². The van der Waals surface area contributed by atoms with Crippen molar-refractivity contribution in [1.82, 2.24) is 0 Å². The summed E-state index contributed by atoms with van der Waals surface area (Å²) in [7, 11) is 1.66. The second-order valence-corrected chi connectivity index (χ2v) is 6.51. The molecule has 126 valence electrons. The quantitative estimate of drug-likeness (QED) is 0.358. The van der Waals surface area contributed by atoms with Crippen LogP contribution < -0.4 is 31.0 Å². The average molecular weight is 408 g/mol. The first-order chi connectivity index (χ1) is 11.1. The zero-order valence-corrected chi connectivity index (χ0v) is 16.1. The Morgan fingerprint density at radius 1 is 1.12 bits per heavy atom. The van der Waals surface area contributed by atoms with Crippen LogP contribution in [-0.2, 0) is 11.3 Å². The molecule has 0 atom stereocenters. The first-order valence-corrected chi connectivity index (χ1v) is 8.13. The van der Waals surface area contributed by atoms with E-state index in [4.69, 9.17) is 9.47 Å². The molecular weight excluding hydrogens is 390 g/mol. The fourth-order valence-electron chi connectivity index (χ4n) is 2.52. The minimum atomic E-state index is -0.307. The number of benzene rings is 2. The van der Waals surface area contributed by atoms with E-state index in [1.165, 1.54) is 22.2 Å². The first-order valence-electron chi connectivity index (χ1n) is 7.31.